The van der Waals surface area contributed by atoms with Crippen molar-refractivity contribution in [1.29, 1.82) is 10.5 Å². The van der Waals surface area contributed by atoms with Gasteiger partial charge in [-0.1, -0.05) is 35.1 Å². The van der Waals surface area contributed by atoms with Crippen LogP contribution in [0.25, 0.3) is 37.7 Å². The molecule has 5 rings (SSSR count). The lowest BCUT2D eigenvalue weighted by Gasteiger charge is -2.10. The van der Waals surface area contributed by atoms with Gasteiger partial charge in [0, 0.05) is 16.1 Å². The van der Waals surface area contributed by atoms with Gasteiger partial charge in [0.05, 0.1) is 24.6 Å². The SMILES string of the molecule is COc1ccc(-c2nc3sc4c(-c5ccc(Cl)cc5)c(C#N)c(N)nc4n3c(=O)c2C#N)cc1OC. The number of rotatable bonds is 4. The van der Waals surface area contributed by atoms with Gasteiger partial charge in [0.25, 0.3) is 5.56 Å². The van der Waals surface area contributed by atoms with Crippen LogP contribution in [-0.4, -0.2) is 28.6 Å². The molecule has 0 fully saturated rings. The number of aromatic nitrogens is 3. The molecular weight excluding hydrogens is 500 g/mol. The van der Waals surface area contributed by atoms with Gasteiger partial charge >= 0.3 is 0 Å². The third kappa shape index (κ3) is 3.48. The average Bonchev–Trinajstić information content (AvgIpc) is 3.26. The lowest BCUT2D eigenvalue weighted by molar-refractivity contribution is 0.355. The molecule has 0 saturated heterocycles. The number of fused-ring (bicyclic) bond motifs is 3. The fourth-order valence-electron chi connectivity index (χ4n) is 3.97. The van der Waals surface area contributed by atoms with Crippen molar-refractivity contribution in [2.75, 3.05) is 20.0 Å². The number of ether oxygens (including phenoxy) is 2. The van der Waals surface area contributed by atoms with Crippen LogP contribution in [0.2, 0.25) is 5.02 Å². The summed E-state index contributed by atoms with van der Waals surface area (Å²) in [5.41, 5.74) is 7.63. The number of anilines is 1. The lowest BCUT2D eigenvalue weighted by Crippen LogP contribution is -2.19. The highest BCUT2D eigenvalue weighted by Crippen LogP contribution is 2.39. The topological polar surface area (TPSA) is 139 Å². The molecule has 0 aliphatic carbocycles. The zero-order chi connectivity index (χ0) is 25.6. The van der Waals surface area contributed by atoms with Gasteiger partial charge in [-0.2, -0.15) is 10.5 Å². The van der Waals surface area contributed by atoms with Crippen molar-refractivity contribution in [2.45, 2.75) is 0 Å². The second kappa shape index (κ2) is 8.86. The molecule has 5 aromatic rings. The summed E-state index contributed by atoms with van der Waals surface area (Å²) in [7, 11) is 3.00. The van der Waals surface area contributed by atoms with E-state index in [2.05, 4.69) is 16.0 Å². The largest absolute Gasteiger partial charge is 0.493 e. The van der Waals surface area contributed by atoms with E-state index in [1.54, 1.807) is 42.5 Å². The summed E-state index contributed by atoms with van der Waals surface area (Å²) in [5.74, 6) is 0.884. The first-order valence-corrected chi connectivity index (χ1v) is 11.6. The highest BCUT2D eigenvalue weighted by atomic mass is 35.5. The molecule has 0 aliphatic rings. The summed E-state index contributed by atoms with van der Waals surface area (Å²) < 4.78 is 12.4. The molecule has 2 aromatic carbocycles. The van der Waals surface area contributed by atoms with Crippen molar-refractivity contribution in [3.63, 3.8) is 0 Å². The Labute approximate surface area is 213 Å². The maximum atomic E-state index is 13.6. The Hall–Kier alpha value is -4.64. The van der Waals surface area contributed by atoms with E-state index in [4.69, 9.17) is 26.8 Å². The highest BCUT2D eigenvalue weighted by Gasteiger charge is 2.24. The number of benzene rings is 2. The molecule has 0 unspecified atom stereocenters. The maximum Gasteiger partial charge on any atom is 0.278 e. The van der Waals surface area contributed by atoms with Crippen LogP contribution in [0.4, 0.5) is 5.82 Å². The minimum Gasteiger partial charge on any atom is -0.493 e. The number of hydrogen-bond donors (Lipinski definition) is 1. The molecule has 3 aromatic heterocycles. The molecule has 0 amide bonds. The zero-order valence-electron chi connectivity index (χ0n) is 18.9. The molecule has 0 atom stereocenters. The normalized spacial score (nSPS) is 10.8. The molecule has 3 heterocycles. The number of nitrogens with two attached hydrogens (primary N) is 1. The Morgan fingerprint density at radius 1 is 0.972 bits per heavy atom. The Bertz CT molecular complexity index is 1830. The number of nitriles is 2. The molecule has 0 aliphatic heterocycles. The van der Waals surface area contributed by atoms with Gasteiger partial charge in [0.2, 0.25) is 0 Å². The number of nitrogen functional groups attached to an aromatic ring is 1. The summed E-state index contributed by atoms with van der Waals surface area (Å²) in [6.45, 7) is 0. The zero-order valence-corrected chi connectivity index (χ0v) is 20.4. The fourth-order valence-corrected chi connectivity index (χ4v) is 5.23. The van der Waals surface area contributed by atoms with Crippen molar-refractivity contribution in [2.24, 2.45) is 0 Å². The van der Waals surface area contributed by atoms with Crippen molar-refractivity contribution in [3.05, 3.63) is 69.0 Å². The minimum atomic E-state index is -0.600. The van der Waals surface area contributed by atoms with Gasteiger partial charge in [-0.25, -0.2) is 14.4 Å². The molecule has 0 spiro atoms. The smallest absolute Gasteiger partial charge is 0.278 e. The number of thiazole rings is 1. The summed E-state index contributed by atoms with van der Waals surface area (Å²) >= 11 is 7.22. The van der Waals surface area contributed by atoms with Crippen molar-refractivity contribution in [3.8, 4) is 46.0 Å². The number of nitrogens with zero attached hydrogens (tertiary/aromatic N) is 5. The number of hydrogen-bond acceptors (Lipinski definition) is 9. The van der Waals surface area contributed by atoms with E-state index in [0.717, 1.165) is 0 Å². The van der Waals surface area contributed by atoms with Gasteiger partial charge in [0.1, 0.15) is 29.1 Å². The van der Waals surface area contributed by atoms with E-state index >= 15 is 0 Å². The van der Waals surface area contributed by atoms with Crippen LogP contribution in [-0.2, 0) is 0 Å². The Kier molecular flexibility index (Phi) is 5.69. The minimum absolute atomic E-state index is 0.0379. The standard InChI is InChI=1S/C25H15ClN6O3S/c1-34-17-8-5-13(9-18(17)35-2)20-16(11-28)24(33)32-23-21(36-25(32)30-20)19(15(10-27)22(29)31-23)12-3-6-14(26)7-4-12/h3-9H,1-2H3,(H2,29,31). The summed E-state index contributed by atoms with van der Waals surface area (Å²) in [5, 5.41) is 20.3. The first kappa shape index (κ1) is 23.1. The average molecular weight is 515 g/mol. The van der Waals surface area contributed by atoms with Crippen LogP contribution in [0.15, 0.2) is 47.3 Å². The lowest BCUT2D eigenvalue weighted by atomic mass is 10.0. The third-order valence-electron chi connectivity index (χ3n) is 5.63. The van der Waals surface area contributed by atoms with Crippen LogP contribution < -0.4 is 20.8 Å². The van der Waals surface area contributed by atoms with Gasteiger partial charge in [-0.3, -0.25) is 4.79 Å². The molecular formula is C25H15ClN6O3S. The fraction of sp³-hybridized carbons (Fsp3) is 0.0800. The first-order chi connectivity index (χ1) is 17.4. The molecule has 9 nitrogen and oxygen atoms in total. The second-order valence-corrected chi connectivity index (χ2v) is 8.97. The highest BCUT2D eigenvalue weighted by molar-refractivity contribution is 7.24. The van der Waals surface area contributed by atoms with Crippen LogP contribution in [0, 0.1) is 22.7 Å². The Morgan fingerprint density at radius 3 is 2.28 bits per heavy atom. The number of pyridine rings is 1. The molecule has 0 saturated carbocycles. The molecule has 0 radical (unpaired) electrons. The Balaban J connectivity index is 1.88. The van der Waals surface area contributed by atoms with E-state index in [1.165, 1.54) is 30.0 Å². The van der Waals surface area contributed by atoms with Crippen LogP contribution in [0.3, 0.4) is 0 Å². The quantitative estimate of drug-likeness (QED) is 0.366. The summed E-state index contributed by atoms with van der Waals surface area (Å²) in [4.78, 5) is 22.8. The first-order valence-electron chi connectivity index (χ1n) is 10.4. The molecule has 36 heavy (non-hydrogen) atoms. The third-order valence-corrected chi connectivity index (χ3v) is 6.93. The maximum absolute atomic E-state index is 13.6. The van der Waals surface area contributed by atoms with E-state index in [0.29, 0.717) is 37.9 Å². The number of methoxy groups -OCH3 is 2. The van der Waals surface area contributed by atoms with Gasteiger partial charge in [0.15, 0.2) is 22.1 Å². The molecule has 2 N–H and O–H groups in total. The van der Waals surface area contributed by atoms with E-state index in [1.807, 2.05) is 6.07 Å². The summed E-state index contributed by atoms with van der Waals surface area (Å²) in [6.07, 6.45) is 0. The number of halogens is 1. The Morgan fingerprint density at radius 2 is 1.64 bits per heavy atom. The predicted octanol–water partition coefficient (Wildman–Crippen LogP) is 4.63. The van der Waals surface area contributed by atoms with Crippen molar-refractivity contribution in [1.82, 2.24) is 14.4 Å². The van der Waals surface area contributed by atoms with Crippen LogP contribution in [0.5, 0.6) is 11.5 Å². The van der Waals surface area contributed by atoms with E-state index in [-0.39, 0.29) is 33.2 Å². The van der Waals surface area contributed by atoms with Crippen LogP contribution in [0.1, 0.15) is 11.1 Å². The van der Waals surface area contributed by atoms with E-state index in [9.17, 15) is 15.3 Å². The second-order valence-electron chi connectivity index (χ2n) is 7.56. The van der Waals surface area contributed by atoms with Gasteiger partial charge < -0.3 is 15.2 Å². The predicted molar refractivity (Wildman–Crippen MR) is 137 cm³/mol. The van der Waals surface area contributed by atoms with Gasteiger partial charge in [-0.15, -0.1) is 0 Å². The van der Waals surface area contributed by atoms with E-state index < -0.39 is 5.56 Å². The molecule has 11 heteroatoms. The summed E-state index contributed by atoms with van der Waals surface area (Å²) in [6, 6.07) is 16.0. The molecule has 176 valence electrons. The molecule has 0 bridgehead atoms. The van der Waals surface area contributed by atoms with Crippen molar-refractivity contribution < 1.29 is 9.47 Å². The van der Waals surface area contributed by atoms with Gasteiger partial charge in [-0.05, 0) is 35.9 Å². The van der Waals surface area contributed by atoms with Crippen molar-refractivity contribution >= 4 is 44.1 Å². The van der Waals surface area contributed by atoms with Crippen LogP contribution >= 0.6 is 22.9 Å². The monoisotopic (exact) mass is 514 g/mol.